The Morgan fingerprint density at radius 3 is 1.55 bits per heavy atom. The molecule has 0 aromatic heterocycles. The van der Waals surface area contributed by atoms with Crippen LogP contribution in [-0.2, 0) is 9.47 Å². The predicted octanol–water partition coefficient (Wildman–Crippen LogP) is 3.25. The topological polar surface area (TPSA) is 18.5 Å². The van der Waals surface area contributed by atoms with Gasteiger partial charge in [0.05, 0.1) is 26.4 Å². The summed E-state index contributed by atoms with van der Waals surface area (Å²) in [5.74, 6) is 4.95. The Kier molecular flexibility index (Phi) is 5.53. The van der Waals surface area contributed by atoms with Crippen molar-refractivity contribution in [2.24, 2.45) is 0 Å². The first kappa shape index (κ1) is 16.2. The number of thioether (sulfide) groups is 4. The molecule has 116 valence electrons. The van der Waals surface area contributed by atoms with Gasteiger partial charge in [0.15, 0.2) is 0 Å². The molecule has 0 N–H and O–H groups in total. The maximum absolute atomic E-state index is 5.90. The second-order valence-electron chi connectivity index (χ2n) is 6.42. The summed E-state index contributed by atoms with van der Waals surface area (Å²) in [5.41, 5.74) is 0. The first-order valence-corrected chi connectivity index (χ1v) is 11.3. The first-order chi connectivity index (χ1) is 9.57. The average Bonchev–Trinajstić information content (AvgIpc) is 3.28. The molecular formula is C14H24O2S4. The highest BCUT2D eigenvalue weighted by Gasteiger charge is 2.40. The van der Waals surface area contributed by atoms with E-state index in [4.69, 9.17) is 9.47 Å². The standard InChI is InChI=1S/C14H24O2S4/c1-13(7-15-3-11-5-17-11)9-20-14(2,10-19-13)8-16-4-12-6-18-12/h11-12H,3-10H2,1-2H3. The van der Waals surface area contributed by atoms with E-state index in [-0.39, 0.29) is 9.49 Å². The van der Waals surface area contributed by atoms with E-state index >= 15 is 0 Å². The van der Waals surface area contributed by atoms with E-state index in [1.54, 1.807) is 0 Å². The maximum Gasteiger partial charge on any atom is 0.0619 e. The lowest BCUT2D eigenvalue weighted by molar-refractivity contribution is 0.121. The Balaban J connectivity index is 1.35. The lowest BCUT2D eigenvalue weighted by atomic mass is 10.2. The van der Waals surface area contributed by atoms with Crippen LogP contribution in [0.15, 0.2) is 0 Å². The molecule has 3 saturated heterocycles. The van der Waals surface area contributed by atoms with Crippen LogP contribution in [0.5, 0.6) is 0 Å². The van der Waals surface area contributed by atoms with Gasteiger partial charge in [-0.3, -0.25) is 0 Å². The number of hydrogen-bond donors (Lipinski definition) is 0. The van der Waals surface area contributed by atoms with E-state index in [1.807, 2.05) is 23.5 Å². The molecule has 3 rings (SSSR count). The summed E-state index contributed by atoms with van der Waals surface area (Å²) in [6.45, 7) is 8.41. The predicted molar refractivity (Wildman–Crippen MR) is 95.9 cm³/mol. The van der Waals surface area contributed by atoms with Gasteiger partial charge in [-0.1, -0.05) is 0 Å². The Bertz CT molecular complexity index is 291. The molecule has 0 spiro atoms. The fraction of sp³-hybridized carbons (Fsp3) is 1.00. The molecule has 0 aliphatic carbocycles. The van der Waals surface area contributed by atoms with E-state index in [0.29, 0.717) is 0 Å². The van der Waals surface area contributed by atoms with E-state index in [1.165, 1.54) is 23.0 Å². The third-order valence-corrected chi connectivity index (χ3v) is 9.41. The van der Waals surface area contributed by atoms with Crippen LogP contribution in [0.2, 0.25) is 0 Å². The fourth-order valence-electron chi connectivity index (χ4n) is 2.04. The van der Waals surface area contributed by atoms with Crippen molar-refractivity contribution in [2.45, 2.75) is 33.8 Å². The van der Waals surface area contributed by atoms with Crippen LogP contribution >= 0.6 is 47.0 Å². The van der Waals surface area contributed by atoms with E-state index in [2.05, 4.69) is 37.4 Å². The zero-order chi connectivity index (χ0) is 14.1. The minimum Gasteiger partial charge on any atom is -0.379 e. The van der Waals surface area contributed by atoms with Gasteiger partial charge in [0.1, 0.15) is 0 Å². The van der Waals surface area contributed by atoms with Crippen molar-refractivity contribution in [3.05, 3.63) is 0 Å². The Morgan fingerprint density at radius 2 is 1.25 bits per heavy atom. The first-order valence-electron chi connectivity index (χ1n) is 7.24. The summed E-state index contributed by atoms with van der Waals surface area (Å²) in [5, 5.41) is 1.58. The average molecular weight is 353 g/mol. The number of ether oxygens (including phenoxy) is 2. The zero-order valence-corrected chi connectivity index (χ0v) is 15.5. The highest BCUT2D eigenvalue weighted by Crippen LogP contribution is 2.45. The van der Waals surface area contributed by atoms with Gasteiger partial charge in [-0.25, -0.2) is 0 Å². The van der Waals surface area contributed by atoms with Gasteiger partial charge >= 0.3 is 0 Å². The normalized spacial score (nSPS) is 43.5. The van der Waals surface area contributed by atoms with Crippen molar-refractivity contribution in [3.63, 3.8) is 0 Å². The summed E-state index contributed by atoms with van der Waals surface area (Å²) >= 11 is 8.19. The lowest BCUT2D eigenvalue weighted by Crippen LogP contribution is -2.44. The SMILES string of the molecule is CC1(COCC2CS2)CSC(C)(COCC2CS2)CS1. The van der Waals surface area contributed by atoms with Crippen LogP contribution in [-0.4, -0.2) is 69.4 Å². The summed E-state index contributed by atoms with van der Waals surface area (Å²) in [4.78, 5) is 0. The van der Waals surface area contributed by atoms with Gasteiger partial charge in [-0.05, 0) is 13.8 Å². The summed E-state index contributed by atoms with van der Waals surface area (Å²) < 4.78 is 12.4. The Morgan fingerprint density at radius 1 is 0.850 bits per heavy atom. The van der Waals surface area contributed by atoms with Gasteiger partial charge in [-0.2, -0.15) is 47.0 Å². The van der Waals surface area contributed by atoms with E-state index in [9.17, 15) is 0 Å². The molecule has 0 amide bonds. The molecule has 0 radical (unpaired) electrons. The second-order valence-corrected chi connectivity index (χ2v) is 12.2. The van der Waals surface area contributed by atoms with Crippen LogP contribution < -0.4 is 0 Å². The number of hydrogen-bond acceptors (Lipinski definition) is 6. The van der Waals surface area contributed by atoms with Gasteiger partial charge < -0.3 is 9.47 Å². The van der Waals surface area contributed by atoms with Crippen LogP contribution in [0.3, 0.4) is 0 Å². The third-order valence-electron chi connectivity index (χ3n) is 3.68. The van der Waals surface area contributed by atoms with Crippen molar-refractivity contribution < 1.29 is 9.47 Å². The van der Waals surface area contributed by atoms with Crippen molar-refractivity contribution in [1.29, 1.82) is 0 Å². The molecule has 0 bridgehead atoms. The third kappa shape index (κ3) is 5.20. The minimum absolute atomic E-state index is 0.288. The lowest BCUT2D eigenvalue weighted by Gasteiger charge is -2.41. The molecule has 2 nitrogen and oxygen atoms in total. The highest BCUT2D eigenvalue weighted by molar-refractivity contribution is 8.08. The molecule has 6 heteroatoms. The van der Waals surface area contributed by atoms with Crippen molar-refractivity contribution >= 4 is 47.0 Å². The number of rotatable bonds is 8. The van der Waals surface area contributed by atoms with E-state index in [0.717, 1.165) is 36.9 Å². The minimum atomic E-state index is 0.288. The highest BCUT2D eigenvalue weighted by atomic mass is 32.2. The molecule has 3 heterocycles. The van der Waals surface area contributed by atoms with Crippen LogP contribution in [0.4, 0.5) is 0 Å². The summed E-state index contributed by atoms with van der Waals surface area (Å²) in [6.07, 6.45) is 0. The molecule has 3 aliphatic rings. The molecular weight excluding hydrogens is 328 g/mol. The van der Waals surface area contributed by atoms with Gasteiger partial charge in [-0.15, -0.1) is 0 Å². The van der Waals surface area contributed by atoms with Gasteiger partial charge in [0, 0.05) is 43.0 Å². The van der Waals surface area contributed by atoms with E-state index < -0.39 is 0 Å². The fourth-order valence-corrected chi connectivity index (χ4v) is 5.72. The zero-order valence-electron chi connectivity index (χ0n) is 12.3. The Labute approximate surface area is 139 Å². The molecule has 3 fully saturated rings. The smallest absolute Gasteiger partial charge is 0.0619 e. The van der Waals surface area contributed by atoms with Crippen LogP contribution in [0.1, 0.15) is 13.8 Å². The monoisotopic (exact) mass is 352 g/mol. The molecule has 0 aromatic carbocycles. The van der Waals surface area contributed by atoms with Crippen LogP contribution in [0.25, 0.3) is 0 Å². The Hall–Kier alpha value is 1.32. The molecule has 20 heavy (non-hydrogen) atoms. The van der Waals surface area contributed by atoms with Crippen molar-refractivity contribution in [2.75, 3.05) is 49.4 Å². The van der Waals surface area contributed by atoms with Gasteiger partial charge in [0.25, 0.3) is 0 Å². The molecule has 3 aliphatic heterocycles. The maximum atomic E-state index is 5.90. The van der Waals surface area contributed by atoms with Crippen molar-refractivity contribution in [1.82, 2.24) is 0 Å². The molecule has 4 atom stereocenters. The summed E-state index contributed by atoms with van der Waals surface area (Å²) in [7, 11) is 0. The largest absolute Gasteiger partial charge is 0.379 e. The summed E-state index contributed by atoms with van der Waals surface area (Å²) in [6, 6.07) is 0. The molecule has 0 saturated carbocycles. The molecule has 0 aromatic rings. The second kappa shape index (κ2) is 6.83. The quantitative estimate of drug-likeness (QED) is 0.620. The van der Waals surface area contributed by atoms with Gasteiger partial charge in [0.2, 0.25) is 0 Å². The molecule has 4 unspecified atom stereocenters. The van der Waals surface area contributed by atoms with Crippen LogP contribution in [0, 0.1) is 0 Å². The van der Waals surface area contributed by atoms with Crippen molar-refractivity contribution in [3.8, 4) is 0 Å².